The molecule has 3 saturated heterocycles. The average Bonchev–Trinajstić information content (AvgIpc) is 1.60. The maximum atomic E-state index is 12.0. The Kier molecular flexibility index (Phi) is 75.5. The van der Waals surface area contributed by atoms with Crippen molar-refractivity contribution in [2.45, 2.75) is 337 Å². The summed E-state index contributed by atoms with van der Waals surface area (Å²) in [4.78, 5) is 82.5. The van der Waals surface area contributed by atoms with E-state index in [0.717, 1.165) is 70.9 Å². The molecule has 5 rings (SSSR count). The van der Waals surface area contributed by atoms with E-state index in [9.17, 15) is 47.0 Å². The third-order valence-electron chi connectivity index (χ3n) is 14.4. The number of carbonyl (C=O) groups excluding carboxylic acids is 7. The van der Waals surface area contributed by atoms with E-state index in [1.807, 2.05) is 74.1 Å². The van der Waals surface area contributed by atoms with Gasteiger partial charge in [0, 0.05) is 59.8 Å². The minimum Gasteiger partial charge on any atom is -1.00 e. The zero-order valence-corrected chi connectivity index (χ0v) is 65.9. The SMILES string of the molecule is C.C.C.C.C.CC(C)(C)OC(=O)N1CCCCC(C=O)C1.CC(C)(C)OC(=O)N1CCCCC(CO)C1.CC(C)(C)OC(=O)OC(=O)OC(C)(C)C.CC(C)C1CCCCN(C(=O)OC(C)(C)C)C1.CC(O)C1CCCCCC1.O=CC(F)(F)F.OCC1CCCCCC1.[2H]CP.[Br-].[CH3-].[Mg+2]. The third-order valence-corrected chi connectivity index (χ3v) is 14.4. The number of carbonyl (C=O) groups is 7. The van der Waals surface area contributed by atoms with Gasteiger partial charge in [-0.2, -0.15) is 13.2 Å². The summed E-state index contributed by atoms with van der Waals surface area (Å²) in [6.07, 6.45) is 17.7. The van der Waals surface area contributed by atoms with Gasteiger partial charge in [0.1, 0.15) is 34.3 Å². The molecule has 2 saturated carbocycles. The summed E-state index contributed by atoms with van der Waals surface area (Å²) in [5.74, 6) is 2.66. The van der Waals surface area contributed by atoms with Crippen molar-refractivity contribution >= 4 is 75.5 Å². The summed E-state index contributed by atoms with van der Waals surface area (Å²) in [7, 11) is 2.25. The average molecular weight is 1530 g/mol. The second-order valence-electron chi connectivity index (χ2n) is 29.4. The molecular weight excluding hydrogens is 1380 g/mol. The van der Waals surface area contributed by atoms with Crippen LogP contribution in [0.4, 0.5) is 37.1 Å². The van der Waals surface area contributed by atoms with E-state index in [4.69, 9.17) is 40.1 Å². The second-order valence-corrected chi connectivity index (χ2v) is 29.4. The Morgan fingerprint density at radius 2 is 0.758 bits per heavy atom. The Morgan fingerprint density at radius 1 is 0.485 bits per heavy atom. The van der Waals surface area contributed by atoms with E-state index in [2.05, 4.69) is 27.8 Å². The maximum absolute atomic E-state index is 12.0. The molecule has 3 amide bonds. The van der Waals surface area contributed by atoms with Crippen LogP contribution in [-0.4, -0.2) is 196 Å². The molecule has 5 unspecified atom stereocenters. The summed E-state index contributed by atoms with van der Waals surface area (Å²) >= 11 is 0. The molecular formula is C74H152BrF3MgN3O16P. The number of halogens is 4. The van der Waals surface area contributed by atoms with Gasteiger partial charge in [-0.3, -0.25) is 4.79 Å². The van der Waals surface area contributed by atoms with E-state index in [1.165, 1.54) is 89.9 Å². The van der Waals surface area contributed by atoms with Crippen LogP contribution in [0.3, 0.4) is 0 Å². The van der Waals surface area contributed by atoms with Gasteiger partial charge in [0.15, 0.2) is 0 Å². The molecule has 5 aliphatic rings. The van der Waals surface area contributed by atoms with E-state index in [0.29, 0.717) is 56.6 Å². The first-order chi connectivity index (χ1) is 42.3. The predicted octanol–water partition coefficient (Wildman–Crippen LogP) is 16.6. The van der Waals surface area contributed by atoms with Gasteiger partial charge in [0.05, 0.1) is 6.10 Å². The number of nitrogens with zero attached hydrogens (tertiary/aromatic N) is 3. The fraction of sp³-hybridized carbons (Fsp3) is 0.892. The molecule has 0 radical (unpaired) electrons. The number of aldehydes is 2. The summed E-state index contributed by atoms with van der Waals surface area (Å²) in [5, 5.41) is 27.3. The number of aliphatic hydroxyl groups excluding tert-OH is 3. The molecule has 5 atom stereocenters. The number of hydrogen-bond donors (Lipinski definition) is 3. The van der Waals surface area contributed by atoms with Crippen molar-refractivity contribution in [1.82, 2.24) is 14.7 Å². The monoisotopic (exact) mass is 1530 g/mol. The zero-order valence-electron chi connectivity index (χ0n) is 62.7. The van der Waals surface area contributed by atoms with Crippen LogP contribution in [-0.2, 0) is 38.0 Å². The smallest absolute Gasteiger partial charge is 1.00 e. The molecule has 594 valence electrons. The van der Waals surface area contributed by atoms with Crippen molar-refractivity contribution in [3.8, 4) is 0 Å². The number of amides is 3. The van der Waals surface area contributed by atoms with Crippen molar-refractivity contribution in [2.75, 3.05) is 59.1 Å². The van der Waals surface area contributed by atoms with Crippen molar-refractivity contribution < 1.29 is 109 Å². The molecule has 3 aliphatic heterocycles. The van der Waals surface area contributed by atoms with Crippen LogP contribution < -0.4 is 17.0 Å². The normalized spacial score (nSPS) is 18.6. The largest absolute Gasteiger partial charge is 2.00 e. The molecule has 25 heteroatoms. The second kappa shape index (κ2) is 63.7. The van der Waals surface area contributed by atoms with Crippen LogP contribution in [0.2, 0.25) is 0 Å². The van der Waals surface area contributed by atoms with E-state index in [-0.39, 0.29) is 127 Å². The first-order valence-electron chi connectivity index (χ1n) is 34.0. The van der Waals surface area contributed by atoms with Gasteiger partial charge < -0.3 is 87.6 Å². The summed E-state index contributed by atoms with van der Waals surface area (Å²) in [6, 6.07) is 0. The van der Waals surface area contributed by atoms with Crippen molar-refractivity contribution in [3.63, 3.8) is 0 Å². The number of hydrogen-bond acceptors (Lipinski definition) is 16. The predicted molar refractivity (Wildman–Crippen MR) is 402 cm³/mol. The topological polar surface area (TPSA) is 245 Å². The standard InChI is InChI=1S/C14H27NO2.C12H23NO3.C12H21NO3.C10H18O5.C9H18O.C8H16O.C2HF3O.CH5P.5CH4.CH3.BrH.Mg/c1-11(2)12-8-6-7-9-15(10-12)13(16)17-14(3,4)5;2*1-12(2,3)16-11(15)13-7-5-4-6-10(8-13)9-14;1-9(2,3)14-7(11)13-8(12)15-10(4,5)6;1-8(10)9-6-4-2-3-5-7-9;9-7-8-5-3-1-2-4-6-8;3-2(4,5)1-6;1-2;;;;;;;;/h11-12H,6-10H2,1-5H3;10,14H,4-9H2,1-3H3;9-10H,4-8H2,1-3H3;1-6H3;8-10H,2-7H2,1H3;8-9H,1-7H2;1H;2H2,1H3;5*1H4;1H3;1H;/q;;;;;;;;;;;;;-1;;+2/p-1/i;;;;;;;1D;;;;;;;;. The van der Waals surface area contributed by atoms with Gasteiger partial charge in [0.2, 0.25) is 6.29 Å². The minimum absolute atomic E-state index is 0. The number of rotatable bonds is 5. The fourth-order valence-corrected chi connectivity index (χ4v) is 9.81. The fourth-order valence-electron chi connectivity index (χ4n) is 9.81. The Labute approximate surface area is 634 Å². The molecule has 2 aliphatic carbocycles. The molecule has 0 aromatic carbocycles. The molecule has 0 bridgehead atoms. The molecule has 3 N–H and O–H groups in total. The van der Waals surface area contributed by atoms with Gasteiger partial charge in [-0.25, -0.2) is 24.0 Å². The van der Waals surface area contributed by atoms with Crippen LogP contribution >= 0.6 is 9.24 Å². The molecule has 0 aromatic rings. The van der Waals surface area contributed by atoms with E-state index in [1.54, 1.807) is 51.3 Å². The first kappa shape index (κ1) is 117. The van der Waals surface area contributed by atoms with Gasteiger partial charge in [0.25, 0.3) is 0 Å². The van der Waals surface area contributed by atoms with Crippen LogP contribution in [0.1, 0.15) is 298 Å². The van der Waals surface area contributed by atoms with Crippen molar-refractivity contribution in [1.29, 1.82) is 0 Å². The third kappa shape index (κ3) is 73.4. The quantitative estimate of drug-likeness (QED) is 0.0338. The van der Waals surface area contributed by atoms with Crippen molar-refractivity contribution in [2.24, 2.45) is 35.5 Å². The molecule has 5 fully saturated rings. The molecule has 0 spiro atoms. The Morgan fingerprint density at radius 3 is 1.05 bits per heavy atom. The number of ether oxygens (including phenoxy) is 6. The van der Waals surface area contributed by atoms with Gasteiger partial charge >= 0.3 is 59.8 Å². The zero-order chi connectivity index (χ0) is 71.5. The van der Waals surface area contributed by atoms with Crippen LogP contribution in [0.15, 0.2) is 0 Å². The molecule has 99 heavy (non-hydrogen) atoms. The Balaban J connectivity index is -0.000000102. The summed E-state index contributed by atoms with van der Waals surface area (Å²) < 4.78 is 67.3. The van der Waals surface area contributed by atoms with Crippen LogP contribution in [0.5, 0.6) is 0 Å². The number of aliphatic hydroxyl groups is 3. The van der Waals surface area contributed by atoms with E-state index >= 15 is 0 Å². The van der Waals surface area contributed by atoms with Crippen LogP contribution in [0.25, 0.3) is 0 Å². The van der Waals surface area contributed by atoms with Gasteiger partial charge in [-0.15, -0.1) is 9.24 Å². The summed E-state index contributed by atoms with van der Waals surface area (Å²) in [5.41, 5.74) is -2.70. The van der Waals surface area contributed by atoms with Crippen LogP contribution in [0, 0.1) is 42.9 Å². The van der Waals surface area contributed by atoms with Gasteiger partial charge in [-0.05, 0) is 205 Å². The molecule has 0 aromatic heterocycles. The Bertz CT molecular complexity index is 1970. The molecule has 3 heterocycles. The minimum atomic E-state index is -4.64. The Hall–Kier alpha value is -2.76. The number of alkyl halides is 3. The first-order valence-corrected chi connectivity index (χ1v) is 34.1. The summed E-state index contributed by atoms with van der Waals surface area (Å²) in [6.45, 7) is 38.6. The van der Waals surface area contributed by atoms with E-state index < -0.39 is 52.8 Å². The van der Waals surface area contributed by atoms with Gasteiger partial charge in [-0.1, -0.05) is 128 Å². The van der Waals surface area contributed by atoms with Crippen molar-refractivity contribution in [3.05, 3.63) is 7.43 Å². The number of likely N-dealkylation sites (tertiary alicyclic amines) is 3. The molecule has 19 nitrogen and oxygen atoms in total. The maximum Gasteiger partial charge on any atom is 2.00 e.